The van der Waals surface area contributed by atoms with Crippen molar-refractivity contribution in [3.63, 3.8) is 0 Å². The van der Waals surface area contributed by atoms with Gasteiger partial charge in [-0.25, -0.2) is 0 Å². The number of rotatable bonds is 11. The number of carbonyl (C=O) groups excluding carboxylic acids is 2. The highest BCUT2D eigenvalue weighted by molar-refractivity contribution is 5.96. The molecule has 0 unspecified atom stereocenters. The van der Waals surface area contributed by atoms with Gasteiger partial charge in [0.25, 0.3) is 0 Å². The molecule has 9 nitrogen and oxygen atoms in total. The summed E-state index contributed by atoms with van der Waals surface area (Å²) in [5.74, 6) is 2.22. The molecule has 1 fully saturated rings. The van der Waals surface area contributed by atoms with Crippen LogP contribution >= 0.6 is 0 Å². The summed E-state index contributed by atoms with van der Waals surface area (Å²) in [5.41, 5.74) is 1.10. The normalized spacial score (nSPS) is 17.3. The van der Waals surface area contributed by atoms with Gasteiger partial charge in [-0.3, -0.25) is 14.5 Å². The molecule has 0 spiro atoms. The van der Waals surface area contributed by atoms with Crippen LogP contribution in [0.25, 0.3) is 0 Å². The number of amides is 2. The zero-order valence-corrected chi connectivity index (χ0v) is 21.8. The third kappa shape index (κ3) is 7.04. The van der Waals surface area contributed by atoms with Crippen LogP contribution in [0.3, 0.4) is 0 Å². The fourth-order valence-electron chi connectivity index (χ4n) is 4.68. The minimum Gasteiger partial charge on any atom is -0.497 e. The monoisotopic (exact) mass is 499 g/mol. The molecule has 2 amide bonds. The van der Waals surface area contributed by atoms with E-state index < -0.39 is 0 Å². The Bertz CT molecular complexity index is 973. The van der Waals surface area contributed by atoms with Crippen molar-refractivity contribution in [1.82, 2.24) is 4.90 Å². The summed E-state index contributed by atoms with van der Waals surface area (Å²) in [6.07, 6.45) is 4.26. The Morgan fingerprint density at radius 1 is 0.778 bits per heavy atom. The summed E-state index contributed by atoms with van der Waals surface area (Å²) in [6.45, 7) is 2.35. The predicted octanol–water partition coefficient (Wildman–Crippen LogP) is 4.18. The summed E-state index contributed by atoms with van der Waals surface area (Å²) in [5, 5.41) is 5.85. The van der Waals surface area contributed by atoms with Crippen LogP contribution in [0.15, 0.2) is 36.4 Å². The van der Waals surface area contributed by atoms with Gasteiger partial charge in [0.15, 0.2) is 0 Å². The summed E-state index contributed by atoms with van der Waals surface area (Å²) in [6, 6.07) is 10.6. The molecule has 0 bridgehead atoms. The van der Waals surface area contributed by atoms with Crippen molar-refractivity contribution in [2.24, 2.45) is 5.92 Å². The molecule has 36 heavy (non-hydrogen) atoms. The van der Waals surface area contributed by atoms with E-state index in [1.807, 2.05) is 4.90 Å². The number of benzene rings is 2. The zero-order valence-electron chi connectivity index (χ0n) is 21.8. The van der Waals surface area contributed by atoms with Gasteiger partial charge in [-0.2, -0.15) is 0 Å². The van der Waals surface area contributed by atoms with Crippen molar-refractivity contribution in [2.45, 2.75) is 38.6 Å². The molecule has 2 N–H and O–H groups in total. The number of methoxy groups -OCH3 is 4. The van der Waals surface area contributed by atoms with Crippen molar-refractivity contribution >= 4 is 23.2 Å². The van der Waals surface area contributed by atoms with Crippen LogP contribution in [0.2, 0.25) is 0 Å². The van der Waals surface area contributed by atoms with E-state index in [0.717, 1.165) is 25.7 Å². The van der Waals surface area contributed by atoms with E-state index in [1.165, 1.54) is 14.2 Å². The molecule has 0 aromatic heterocycles. The molecule has 0 radical (unpaired) electrons. The Balaban J connectivity index is 1.74. The number of nitrogens with zero attached hydrogens (tertiary/aromatic N) is 1. The average Bonchev–Trinajstić information content (AvgIpc) is 2.89. The highest BCUT2D eigenvalue weighted by Crippen LogP contribution is 2.31. The maximum Gasteiger partial charge on any atom is 0.238 e. The van der Waals surface area contributed by atoms with Gasteiger partial charge in [0.2, 0.25) is 11.8 Å². The van der Waals surface area contributed by atoms with Gasteiger partial charge in [-0.15, -0.1) is 0 Å². The van der Waals surface area contributed by atoms with Gasteiger partial charge in [-0.1, -0.05) is 19.8 Å². The maximum atomic E-state index is 13.1. The summed E-state index contributed by atoms with van der Waals surface area (Å²) in [7, 11) is 6.22. The molecule has 9 heteroatoms. The van der Waals surface area contributed by atoms with E-state index in [9.17, 15) is 9.59 Å². The van der Waals surface area contributed by atoms with Crippen LogP contribution in [0.4, 0.5) is 11.4 Å². The Kier molecular flexibility index (Phi) is 9.81. The molecule has 2 aromatic carbocycles. The molecule has 0 saturated heterocycles. The molecule has 1 aliphatic rings. The summed E-state index contributed by atoms with van der Waals surface area (Å²) in [4.78, 5) is 28.2. The smallest absolute Gasteiger partial charge is 0.238 e. The SMILES string of the molecule is COc1ccc(NC(=O)CN(CC(=O)Nc2ccc(OC)cc2OC)[C@H]2CCCC[C@@H]2C)c(OC)c1. The van der Waals surface area contributed by atoms with Gasteiger partial charge in [0, 0.05) is 18.2 Å². The van der Waals surface area contributed by atoms with Gasteiger partial charge in [0.05, 0.1) is 52.9 Å². The minimum atomic E-state index is -0.217. The van der Waals surface area contributed by atoms with Crippen LogP contribution < -0.4 is 29.6 Å². The lowest BCUT2D eigenvalue weighted by molar-refractivity contribution is -0.121. The number of anilines is 2. The number of hydrogen-bond acceptors (Lipinski definition) is 7. The first-order valence-electron chi connectivity index (χ1n) is 12.2. The molecule has 2 atom stereocenters. The van der Waals surface area contributed by atoms with E-state index in [4.69, 9.17) is 18.9 Å². The van der Waals surface area contributed by atoms with Gasteiger partial charge < -0.3 is 29.6 Å². The van der Waals surface area contributed by atoms with Gasteiger partial charge >= 0.3 is 0 Å². The Morgan fingerprint density at radius 2 is 1.25 bits per heavy atom. The Hall–Kier alpha value is -3.46. The van der Waals surface area contributed by atoms with Crippen molar-refractivity contribution in [1.29, 1.82) is 0 Å². The van der Waals surface area contributed by atoms with Gasteiger partial charge in [-0.05, 0) is 43.0 Å². The lowest BCUT2D eigenvalue weighted by Gasteiger charge is -2.38. The fraction of sp³-hybridized carbons (Fsp3) is 0.481. The molecule has 0 heterocycles. The first kappa shape index (κ1) is 27.1. The van der Waals surface area contributed by atoms with Gasteiger partial charge in [0.1, 0.15) is 23.0 Å². The van der Waals surface area contributed by atoms with Crippen molar-refractivity contribution < 1.29 is 28.5 Å². The van der Waals surface area contributed by atoms with E-state index in [1.54, 1.807) is 50.6 Å². The second kappa shape index (κ2) is 13.0. The molecular formula is C27H37N3O6. The van der Waals surface area contributed by atoms with Crippen molar-refractivity contribution in [3.05, 3.63) is 36.4 Å². The van der Waals surface area contributed by atoms with E-state index in [2.05, 4.69) is 17.6 Å². The first-order chi connectivity index (χ1) is 17.4. The molecule has 1 aliphatic carbocycles. The standard InChI is InChI=1S/C27H37N3O6/c1-18-8-6-7-9-23(18)30(16-26(31)28-21-12-10-19(33-2)14-24(21)35-4)17-27(32)29-22-13-11-20(34-3)15-25(22)36-5/h10-15,18,23H,6-9,16-17H2,1-5H3,(H,28,31)(H,29,32)/t18-,23-/m0/s1. The number of nitrogens with one attached hydrogen (secondary N) is 2. The third-order valence-electron chi connectivity index (χ3n) is 6.59. The Morgan fingerprint density at radius 3 is 1.67 bits per heavy atom. The molecule has 3 rings (SSSR count). The van der Waals surface area contributed by atoms with E-state index in [0.29, 0.717) is 40.3 Å². The lowest BCUT2D eigenvalue weighted by atomic mass is 9.85. The number of carbonyl (C=O) groups is 2. The molecule has 2 aromatic rings. The zero-order chi connectivity index (χ0) is 26.1. The summed E-state index contributed by atoms with van der Waals surface area (Å²) >= 11 is 0. The quantitative estimate of drug-likeness (QED) is 0.479. The molecule has 1 saturated carbocycles. The average molecular weight is 500 g/mol. The van der Waals surface area contributed by atoms with E-state index in [-0.39, 0.29) is 30.9 Å². The highest BCUT2D eigenvalue weighted by atomic mass is 16.5. The van der Waals surface area contributed by atoms with Crippen LogP contribution in [-0.2, 0) is 9.59 Å². The van der Waals surface area contributed by atoms with E-state index >= 15 is 0 Å². The number of hydrogen-bond donors (Lipinski definition) is 2. The van der Waals surface area contributed by atoms with Crippen molar-refractivity contribution in [2.75, 3.05) is 52.2 Å². The van der Waals surface area contributed by atoms with Crippen LogP contribution in [-0.4, -0.2) is 64.3 Å². The largest absolute Gasteiger partial charge is 0.497 e. The first-order valence-corrected chi connectivity index (χ1v) is 12.2. The number of ether oxygens (including phenoxy) is 4. The lowest BCUT2D eigenvalue weighted by Crippen LogP contribution is -2.48. The maximum absolute atomic E-state index is 13.1. The molecular weight excluding hydrogens is 462 g/mol. The molecule has 196 valence electrons. The molecule has 0 aliphatic heterocycles. The fourth-order valence-corrected chi connectivity index (χ4v) is 4.68. The Labute approximate surface area is 213 Å². The second-order valence-electron chi connectivity index (χ2n) is 8.96. The van der Waals surface area contributed by atoms with Crippen molar-refractivity contribution in [3.8, 4) is 23.0 Å². The van der Waals surface area contributed by atoms with Crippen LogP contribution in [0, 0.1) is 5.92 Å². The third-order valence-corrected chi connectivity index (χ3v) is 6.59. The summed E-state index contributed by atoms with van der Waals surface area (Å²) < 4.78 is 21.3. The van der Waals surface area contributed by atoms with Crippen LogP contribution in [0.1, 0.15) is 32.6 Å². The van der Waals surface area contributed by atoms with Crippen LogP contribution in [0.5, 0.6) is 23.0 Å². The highest BCUT2D eigenvalue weighted by Gasteiger charge is 2.30. The second-order valence-corrected chi connectivity index (χ2v) is 8.96. The topological polar surface area (TPSA) is 98.4 Å². The minimum absolute atomic E-state index is 0.0807. The predicted molar refractivity (Wildman–Crippen MR) is 139 cm³/mol.